The summed E-state index contributed by atoms with van der Waals surface area (Å²) < 4.78 is 0. The molecule has 2 N–H and O–H groups in total. The van der Waals surface area contributed by atoms with E-state index in [1.807, 2.05) is 11.9 Å². The van der Waals surface area contributed by atoms with Crippen molar-refractivity contribution in [3.63, 3.8) is 0 Å². The van der Waals surface area contributed by atoms with Crippen LogP contribution >= 0.6 is 23.7 Å². The van der Waals surface area contributed by atoms with Gasteiger partial charge in [-0.3, -0.25) is 9.59 Å². The van der Waals surface area contributed by atoms with Crippen LogP contribution in [0.15, 0.2) is 4.79 Å². The van der Waals surface area contributed by atoms with Gasteiger partial charge in [0, 0.05) is 30.8 Å². The van der Waals surface area contributed by atoms with E-state index in [1.54, 1.807) is 11.3 Å². The van der Waals surface area contributed by atoms with E-state index >= 15 is 0 Å². The predicted octanol–water partition coefficient (Wildman–Crippen LogP) is 2.67. The second-order valence-corrected chi connectivity index (χ2v) is 9.11. The molecule has 3 heterocycles. The Morgan fingerprint density at radius 2 is 2.04 bits per heavy atom. The van der Waals surface area contributed by atoms with Gasteiger partial charge in [-0.2, -0.15) is 0 Å². The number of aromatic nitrogens is 2. The van der Waals surface area contributed by atoms with Crippen molar-refractivity contribution in [1.82, 2.24) is 20.2 Å². The number of nitrogens with one attached hydrogen (secondary N) is 2. The fourth-order valence-corrected chi connectivity index (χ4v) is 5.71. The number of nitrogens with zero attached hydrogens (tertiary/aromatic N) is 2. The highest BCUT2D eigenvalue weighted by atomic mass is 35.5. The van der Waals surface area contributed by atoms with Gasteiger partial charge in [0.15, 0.2) is 0 Å². The van der Waals surface area contributed by atoms with Crippen molar-refractivity contribution in [1.29, 1.82) is 0 Å². The maximum Gasteiger partial charge on any atom is 0.259 e. The maximum atomic E-state index is 12.6. The standard InChI is InChI=1S/C20H28N4O2S.ClH/c1-12-3-4-14-15(11-12)27-20-18(14)19(26)22-16(23-20)5-6-17(25)24(2)13-7-9-21-10-8-13;/h12-13,21H,3-11H2,1-2H3,(H,22,23,26);1H. The molecule has 4 rings (SSSR count). The van der Waals surface area contributed by atoms with Gasteiger partial charge in [-0.25, -0.2) is 4.98 Å². The molecule has 28 heavy (non-hydrogen) atoms. The molecule has 2 aliphatic rings. The first-order valence-electron chi connectivity index (χ1n) is 10.0. The van der Waals surface area contributed by atoms with Crippen molar-refractivity contribution in [3.05, 3.63) is 26.6 Å². The normalized spacial score (nSPS) is 19.9. The Bertz CT molecular complexity index is 903. The minimum absolute atomic E-state index is 0. The van der Waals surface area contributed by atoms with E-state index in [4.69, 9.17) is 4.98 Å². The molecule has 1 aliphatic heterocycles. The van der Waals surface area contributed by atoms with Gasteiger partial charge in [-0.15, -0.1) is 23.7 Å². The van der Waals surface area contributed by atoms with Gasteiger partial charge >= 0.3 is 0 Å². The van der Waals surface area contributed by atoms with Crippen LogP contribution in [0.25, 0.3) is 10.2 Å². The molecule has 2 aromatic heterocycles. The highest BCUT2D eigenvalue weighted by Crippen LogP contribution is 2.35. The van der Waals surface area contributed by atoms with Crippen LogP contribution < -0.4 is 10.9 Å². The summed E-state index contributed by atoms with van der Waals surface area (Å²) in [6, 6.07) is 0.319. The number of hydrogen-bond acceptors (Lipinski definition) is 5. The number of fused-ring (bicyclic) bond motifs is 3. The van der Waals surface area contributed by atoms with Crippen molar-refractivity contribution in [2.45, 2.75) is 57.9 Å². The summed E-state index contributed by atoms with van der Waals surface area (Å²) in [5.41, 5.74) is 1.16. The molecule has 154 valence electrons. The van der Waals surface area contributed by atoms with Crippen LogP contribution in [0.5, 0.6) is 0 Å². The Labute approximate surface area is 175 Å². The molecule has 2 aromatic rings. The average molecular weight is 425 g/mol. The fourth-order valence-electron chi connectivity index (χ4n) is 4.31. The molecule has 6 nitrogen and oxygen atoms in total. The zero-order valence-corrected chi connectivity index (χ0v) is 18.2. The molecule has 0 aromatic carbocycles. The van der Waals surface area contributed by atoms with E-state index < -0.39 is 0 Å². The van der Waals surface area contributed by atoms with E-state index in [9.17, 15) is 9.59 Å². The van der Waals surface area contributed by atoms with Crippen LogP contribution in [0.4, 0.5) is 0 Å². The molecule has 8 heteroatoms. The number of aryl methyl sites for hydroxylation is 2. The quantitative estimate of drug-likeness (QED) is 0.790. The van der Waals surface area contributed by atoms with Gasteiger partial charge in [-0.05, 0) is 56.7 Å². The van der Waals surface area contributed by atoms with Gasteiger partial charge in [-0.1, -0.05) is 6.92 Å². The smallest absolute Gasteiger partial charge is 0.259 e. The summed E-state index contributed by atoms with van der Waals surface area (Å²) >= 11 is 1.66. The number of rotatable bonds is 4. The van der Waals surface area contributed by atoms with Crippen molar-refractivity contribution in [3.8, 4) is 0 Å². The topological polar surface area (TPSA) is 78.1 Å². The first-order valence-corrected chi connectivity index (χ1v) is 10.8. The number of piperidine rings is 1. The van der Waals surface area contributed by atoms with Crippen LogP contribution in [-0.2, 0) is 24.1 Å². The summed E-state index contributed by atoms with van der Waals surface area (Å²) in [7, 11) is 1.90. The van der Waals surface area contributed by atoms with Crippen LogP contribution in [0.1, 0.15) is 48.9 Å². The maximum absolute atomic E-state index is 12.6. The fraction of sp³-hybridized carbons (Fsp3) is 0.650. The van der Waals surface area contributed by atoms with Crippen LogP contribution in [-0.4, -0.2) is 47.0 Å². The van der Waals surface area contributed by atoms with E-state index in [0.717, 1.165) is 55.4 Å². The minimum Gasteiger partial charge on any atom is -0.343 e. The number of halogens is 1. The molecule has 1 saturated heterocycles. The molecule has 0 radical (unpaired) electrons. The summed E-state index contributed by atoms with van der Waals surface area (Å²) in [6.07, 6.45) is 6.03. The number of hydrogen-bond donors (Lipinski definition) is 2. The molecule has 1 aliphatic carbocycles. The van der Waals surface area contributed by atoms with Crippen molar-refractivity contribution < 1.29 is 4.79 Å². The third-order valence-corrected chi connectivity index (χ3v) is 7.19. The Morgan fingerprint density at radius 3 is 2.79 bits per heavy atom. The number of carbonyl (C=O) groups excluding carboxylic acids is 1. The number of H-pyrrole nitrogens is 1. The summed E-state index contributed by atoms with van der Waals surface area (Å²) in [5, 5.41) is 4.11. The third kappa shape index (κ3) is 4.26. The van der Waals surface area contributed by atoms with Gasteiger partial charge in [0.2, 0.25) is 5.91 Å². The summed E-state index contributed by atoms with van der Waals surface area (Å²) in [5.74, 6) is 1.43. The minimum atomic E-state index is -0.0405. The van der Waals surface area contributed by atoms with Gasteiger partial charge in [0.05, 0.1) is 5.39 Å². The molecule has 1 amide bonds. The zero-order valence-electron chi connectivity index (χ0n) is 16.5. The molecule has 1 atom stereocenters. The lowest BCUT2D eigenvalue weighted by molar-refractivity contribution is -0.132. The lowest BCUT2D eigenvalue weighted by Gasteiger charge is -2.31. The molecular formula is C20H29ClN4O2S. The Kier molecular flexibility index (Phi) is 6.78. The monoisotopic (exact) mass is 424 g/mol. The van der Waals surface area contributed by atoms with Crippen molar-refractivity contribution >= 4 is 39.9 Å². The Morgan fingerprint density at radius 1 is 1.29 bits per heavy atom. The van der Waals surface area contributed by atoms with Gasteiger partial charge in [0.25, 0.3) is 5.56 Å². The Balaban J connectivity index is 0.00000225. The molecular weight excluding hydrogens is 396 g/mol. The highest BCUT2D eigenvalue weighted by Gasteiger charge is 2.24. The highest BCUT2D eigenvalue weighted by molar-refractivity contribution is 7.18. The summed E-state index contributed by atoms with van der Waals surface area (Å²) in [6.45, 7) is 4.20. The predicted molar refractivity (Wildman–Crippen MR) is 116 cm³/mol. The first-order chi connectivity index (χ1) is 13.0. The van der Waals surface area contributed by atoms with E-state index in [-0.39, 0.29) is 23.9 Å². The molecule has 0 bridgehead atoms. The van der Waals surface area contributed by atoms with Gasteiger partial charge in [0.1, 0.15) is 10.7 Å². The molecule has 0 spiro atoms. The Hall–Kier alpha value is -1.44. The summed E-state index contributed by atoms with van der Waals surface area (Å²) in [4.78, 5) is 36.9. The molecule has 1 unspecified atom stereocenters. The molecule has 0 saturated carbocycles. The van der Waals surface area contributed by atoms with Gasteiger partial charge < -0.3 is 15.2 Å². The number of aromatic amines is 1. The average Bonchev–Trinajstić information content (AvgIpc) is 3.03. The number of amides is 1. The van der Waals surface area contributed by atoms with E-state index in [1.165, 1.54) is 10.4 Å². The van der Waals surface area contributed by atoms with E-state index in [2.05, 4.69) is 17.2 Å². The second kappa shape index (κ2) is 8.93. The van der Waals surface area contributed by atoms with E-state index in [0.29, 0.717) is 30.6 Å². The lowest BCUT2D eigenvalue weighted by Crippen LogP contribution is -2.44. The van der Waals surface area contributed by atoms with Crippen LogP contribution in [0.3, 0.4) is 0 Å². The van der Waals surface area contributed by atoms with Crippen LogP contribution in [0, 0.1) is 5.92 Å². The number of thiophene rings is 1. The second-order valence-electron chi connectivity index (χ2n) is 8.03. The lowest BCUT2D eigenvalue weighted by atomic mass is 9.89. The first kappa shape index (κ1) is 21.3. The van der Waals surface area contributed by atoms with Crippen LogP contribution in [0.2, 0.25) is 0 Å². The molecule has 1 fully saturated rings. The largest absolute Gasteiger partial charge is 0.343 e. The zero-order chi connectivity index (χ0) is 19.0. The van der Waals surface area contributed by atoms with Crippen molar-refractivity contribution in [2.75, 3.05) is 20.1 Å². The third-order valence-electron chi connectivity index (χ3n) is 6.04. The van der Waals surface area contributed by atoms with Crippen molar-refractivity contribution in [2.24, 2.45) is 5.92 Å². The SMILES string of the molecule is CC1CCc2c(sc3nc(CCC(=O)N(C)C4CCNCC4)[nH]c(=O)c23)C1.Cl. The number of carbonyl (C=O) groups is 1.